The number of nitrogens with zero attached hydrogens (tertiary/aromatic N) is 4. The van der Waals surface area contributed by atoms with Gasteiger partial charge in [-0.15, -0.1) is 0 Å². The van der Waals surface area contributed by atoms with Crippen molar-refractivity contribution in [3.63, 3.8) is 0 Å². The van der Waals surface area contributed by atoms with E-state index in [0.717, 1.165) is 30.3 Å². The van der Waals surface area contributed by atoms with E-state index in [1.54, 1.807) is 0 Å². The third-order valence-corrected chi connectivity index (χ3v) is 2.26. The summed E-state index contributed by atoms with van der Waals surface area (Å²) in [4.78, 5) is 18.3. The van der Waals surface area contributed by atoms with Gasteiger partial charge in [0.2, 0.25) is 0 Å². The second-order valence-electron chi connectivity index (χ2n) is 3.61. The highest BCUT2D eigenvalue weighted by atomic mass is 19.4. The van der Waals surface area contributed by atoms with Crippen LogP contribution >= 0.6 is 0 Å². The second kappa shape index (κ2) is 4.79. The van der Waals surface area contributed by atoms with Crippen LogP contribution in [0.1, 0.15) is 16.2 Å². The van der Waals surface area contributed by atoms with Crippen molar-refractivity contribution >= 4 is 11.7 Å². The van der Waals surface area contributed by atoms with Gasteiger partial charge in [0.15, 0.2) is 5.69 Å². The number of nitrogen functional groups attached to an aromatic ring is 1. The SMILES string of the molecule is COC(=O)c1nn(-c2nccc(C(F)(F)F)n2)cc1N. The number of hydrogen-bond donors (Lipinski definition) is 1. The Morgan fingerprint density at radius 2 is 2.15 bits per heavy atom. The molecule has 10 heteroatoms. The summed E-state index contributed by atoms with van der Waals surface area (Å²) in [5.41, 5.74) is 4.10. The molecular weight excluding hydrogens is 279 g/mol. The number of ether oxygens (including phenoxy) is 1. The highest BCUT2D eigenvalue weighted by Gasteiger charge is 2.33. The lowest BCUT2D eigenvalue weighted by Crippen LogP contribution is -2.12. The fourth-order valence-electron chi connectivity index (χ4n) is 1.36. The average molecular weight is 287 g/mol. The van der Waals surface area contributed by atoms with Crippen molar-refractivity contribution in [2.24, 2.45) is 0 Å². The predicted molar refractivity (Wildman–Crippen MR) is 59.9 cm³/mol. The standard InChI is InChI=1S/C10H8F3N5O2/c1-20-8(19)7-5(14)4-18(17-7)9-15-3-2-6(16-9)10(11,12)13/h2-4H,14H2,1H3. The predicted octanol–water partition coefficient (Wildman–Crippen LogP) is 1.05. The van der Waals surface area contributed by atoms with Crippen LogP contribution in [0.3, 0.4) is 0 Å². The Balaban J connectivity index is 2.45. The zero-order chi connectivity index (χ0) is 14.9. The Hall–Kier alpha value is -2.65. The van der Waals surface area contributed by atoms with Gasteiger partial charge in [0.1, 0.15) is 5.69 Å². The van der Waals surface area contributed by atoms with Gasteiger partial charge in [0.05, 0.1) is 19.0 Å². The summed E-state index contributed by atoms with van der Waals surface area (Å²) >= 11 is 0. The topological polar surface area (TPSA) is 95.9 Å². The lowest BCUT2D eigenvalue weighted by molar-refractivity contribution is -0.141. The summed E-state index contributed by atoms with van der Waals surface area (Å²) in [6.07, 6.45) is -2.55. The van der Waals surface area contributed by atoms with E-state index in [1.807, 2.05) is 0 Å². The molecule has 2 aromatic heterocycles. The van der Waals surface area contributed by atoms with Crippen LogP contribution in [-0.4, -0.2) is 32.8 Å². The zero-order valence-corrected chi connectivity index (χ0v) is 10.0. The van der Waals surface area contributed by atoms with Crippen LogP contribution in [0.2, 0.25) is 0 Å². The van der Waals surface area contributed by atoms with Crippen molar-refractivity contribution in [3.05, 3.63) is 29.8 Å². The molecule has 0 saturated heterocycles. The molecule has 20 heavy (non-hydrogen) atoms. The summed E-state index contributed by atoms with van der Waals surface area (Å²) in [6.45, 7) is 0. The number of nitrogens with two attached hydrogens (primary N) is 1. The fourth-order valence-corrected chi connectivity index (χ4v) is 1.36. The van der Waals surface area contributed by atoms with Crippen molar-refractivity contribution in [2.75, 3.05) is 12.8 Å². The van der Waals surface area contributed by atoms with E-state index in [1.165, 1.54) is 0 Å². The number of anilines is 1. The highest BCUT2D eigenvalue weighted by molar-refractivity contribution is 5.92. The maximum atomic E-state index is 12.5. The lowest BCUT2D eigenvalue weighted by Gasteiger charge is -2.06. The minimum absolute atomic E-state index is 0.0575. The van der Waals surface area contributed by atoms with E-state index < -0.39 is 17.8 Å². The molecule has 2 rings (SSSR count). The zero-order valence-electron chi connectivity index (χ0n) is 10.0. The van der Waals surface area contributed by atoms with Crippen molar-refractivity contribution in [1.82, 2.24) is 19.7 Å². The number of methoxy groups -OCH3 is 1. The van der Waals surface area contributed by atoms with Crippen molar-refractivity contribution in [2.45, 2.75) is 6.18 Å². The number of carbonyl (C=O) groups excluding carboxylic acids is 1. The van der Waals surface area contributed by atoms with Gasteiger partial charge >= 0.3 is 12.1 Å². The van der Waals surface area contributed by atoms with E-state index in [2.05, 4.69) is 19.8 Å². The molecule has 0 bridgehead atoms. The third-order valence-electron chi connectivity index (χ3n) is 2.26. The van der Waals surface area contributed by atoms with Crippen LogP contribution in [0, 0.1) is 0 Å². The van der Waals surface area contributed by atoms with E-state index in [0.29, 0.717) is 0 Å². The molecule has 2 aromatic rings. The molecule has 0 aliphatic rings. The summed E-state index contributed by atoms with van der Waals surface area (Å²) in [5, 5.41) is 3.70. The lowest BCUT2D eigenvalue weighted by atomic mass is 10.4. The summed E-state index contributed by atoms with van der Waals surface area (Å²) < 4.78 is 42.9. The first-order valence-electron chi connectivity index (χ1n) is 5.17. The van der Waals surface area contributed by atoms with E-state index in [-0.39, 0.29) is 17.3 Å². The number of aromatic nitrogens is 4. The number of carbonyl (C=O) groups is 1. The molecule has 0 aliphatic carbocycles. The first-order chi connectivity index (χ1) is 9.32. The second-order valence-corrected chi connectivity index (χ2v) is 3.61. The number of alkyl halides is 3. The fraction of sp³-hybridized carbons (Fsp3) is 0.200. The molecule has 0 aromatic carbocycles. The molecule has 0 aliphatic heterocycles. The third kappa shape index (κ3) is 2.53. The van der Waals surface area contributed by atoms with Gasteiger partial charge in [-0.3, -0.25) is 0 Å². The van der Waals surface area contributed by atoms with Crippen LogP contribution in [0.4, 0.5) is 18.9 Å². The number of esters is 1. The molecule has 0 spiro atoms. The molecule has 0 radical (unpaired) electrons. The molecule has 106 valence electrons. The van der Waals surface area contributed by atoms with Gasteiger partial charge < -0.3 is 10.5 Å². The Morgan fingerprint density at radius 1 is 1.45 bits per heavy atom. The van der Waals surface area contributed by atoms with Gasteiger partial charge in [-0.25, -0.2) is 19.4 Å². The van der Waals surface area contributed by atoms with E-state index in [9.17, 15) is 18.0 Å². The van der Waals surface area contributed by atoms with Gasteiger partial charge in [-0.1, -0.05) is 0 Å². The molecule has 0 saturated carbocycles. The van der Waals surface area contributed by atoms with E-state index in [4.69, 9.17) is 5.73 Å². The molecule has 0 unspecified atom stereocenters. The molecule has 7 nitrogen and oxygen atoms in total. The van der Waals surface area contributed by atoms with Crippen molar-refractivity contribution < 1.29 is 22.7 Å². The molecule has 0 amide bonds. The number of halogens is 3. The van der Waals surface area contributed by atoms with Gasteiger partial charge in [0, 0.05) is 6.20 Å². The van der Waals surface area contributed by atoms with Crippen molar-refractivity contribution in [1.29, 1.82) is 0 Å². The Bertz CT molecular complexity index is 653. The smallest absolute Gasteiger partial charge is 0.433 e. The quantitative estimate of drug-likeness (QED) is 0.829. The first-order valence-corrected chi connectivity index (χ1v) is 5.17. The maximum Gasteiger partial charge on any atom is 0.433 e. The average Bonchev–Trinajstić information content (AvgIpc) is 2.79. The minimum Gasteiger partial charge on any atom is -0.464 e. The molecule has 2 N–H and O–H groups in total. The molecular formula is C10H8F3N5O2. The van der Waals surface area contributed by atoms with Gasteiger partial charge in [0.25, 0.3) is 5.95 Å². The van der Waals surface area contributed by atoms with Crippen LogP contribution in [-0.2, 0) is 10.9 Å². The Labute approximate surface area is 110 Å². The number of rotatable bonds is 2. The van der Waals surface area contributed by atoms with Crippen molar-refractivity contribution in [3.8, 4) is 5.95 Å². The van der Waals surface area contributed by atoms with Crippen LogP contribution in [0.15, 0.2) is 18.5 Å². The largest absolute Gasteiger partial charge is 0.464 e. The molecule has 2 heterocycles. The van der Waals surface area contributed by atoms with Gasteiger partial charge in [-0.05, 0) is 6.07 Å². The van der Waals surface area contributed by atoms with Crippen LogP contribution < -0.4 is 5.73 Å². The summed E-state index contributed by atoms with van der Waals surface area (Å²) in [7, 11) is 1.13. The summed E-state index contributed by atoms with van der Waals surface area (Å²) in [6, 6.07) is 0.720. The Morgan fingerprint density at radius 3 is 2.75 bits per heavy atom. The number of hydrogen-bond acceptors (Lipinski definition) is 6. The molecule has 0 fully saturated rings. The van der Waals surface area contributed by atoms with Crippen LogP contribution in [0.5, 0.6) is 0 Å². The monoisotopic (exact) mass is 287 g/mol. The van der Waals surface area contributed by atoms with E-state index >= 15 is 0 Å². The Kier molecular flexibility index (Phi) is 3.30. The normalized spacial score (nSPS) is 11.4. The molecule has 0 atom stereocenters. The summed E-state index contributed by atoms with van der Waals surface area (Å²) in [5.74, 6) is -1.17. The van der Waals surface area contributed by atoms with Crippen LogP contribution in [0.25, 0.3) is 5.95 Å². The highest BCUT2D eigenvalue weighted by Crippen LogP contribution is 2.27. The maximum absolute atomic E-state index is 12.5. The van der Waals surface area contributed by atoms with Gasteiger partial charge in [-0.2, -0.15) is 18.3 Å². The minimum atomic E-state index is -4.61. The first kappa shape index (κ1) is 13.8.